The number of nitrogens with zero attached hydrogens (tertiary/aromatic N) is 3. The highest BCUT2D eigenvalue weighted by Gasteiger charge is 2.34. The molecule has 1 aliphatic heterocycles. The van der Waals surface area contributed by atoms with Crippen molar-refractivity contribution in [1.29, 1.82) is 0 Å². The number of carbonyl (C=O) groups excluding carboxylic acids is 1. The summed E-state index contributed by atoms with van der Waals surface area (Å²) in [5.74, 6) is 0.421. The molecule has 148 valence electrons. The van der Waals surface area contributed by atoms with Gasteiger partial charge in [0.05, 0.1) is 0 Å². The summed E-state index contributed by atoms with van der Waals surface area (Å²) >= 11 is 0. The molecule has 0 spiro atoms. The zero-order valence-corrected chi connectivity index (χ0v) is 16.5. The molecule has 1 amide bonds. The van der Waals surface area contributed by atoms with Crippen molar-refractivity contribution >= 4 is 15.9 Å². The molecule has 8 nitrogen and oxygen atoms in total. The molecule has 2 aromatic heterocycles. The fraction of sp³-hybridized carbons (Fsp3) is 0.556. The van der Waals surface area contributed by atoms with Crippen LogP contribution in [0.2, 0.25) is 0 Å². The first-order valence-electron chi connectivity index (χ1n) is 9.28. The minimum absolute atomic E-state index is 0.0862. The van der Waals surface area contributed by atoms with E-state index in [2.05, 4.69) is 17.1 Å². The summed E-state index contributed by atoms with van der Waals surface area (Å²) in [6.07, 6.45) is 4.65. The SMILES string of the molecule is CCCCN(C)C(=O)C1CCN(S(=O)(=O)c2ccc(-c3ccn[nH]3)o2)CC1. The van der Waals surface area contributed by atoms with Crippen molar-refractivity contribution in [2.75, 3.05) is 26.7 Å². The van der Waals surface area contributed by atoms with Gasteiger partial charge in [-0.05, 0) is 37.5 Å². The van der Waals surface area contributed by atoms with Gasteiger partial charge in [-0.25, -0.2) is 8.42 Å². The van der Waals surface area contributed by atoms with Gasteiger partial charge in [0.25, 0.3) is 10.0 Å². The average molecular weight is 394 g/mol. The van der Waals surface area contributed by atoms with E-state index in [0.29, 0.717) is 37.4 Å². The van der Waals surface area contributed by atoms with E-state index in [-0.39, 0.29) is 16.9 Å². The van der Waals surface area contributed by atoms with Crippen molar-refractivity contribution in [3.05, 3.63) is 24.4 Å². The zero-order valence-electron chi connectivity index (χ0n) is 15.7. The molecule has 0 atom stereocenters. The largest absolute Gasteiger partial charge is 0.442 e. The highest BCUT2D eigenvalue weighted by Crippen LogP contribution is 2.28. The Morgan fingerprint density at radius 3 is 2.70 bits per heavy atom. The van der Waals surface area contributed by atoms with Gasteiger partial charge in [-0.2, -0.15) is 9.40 Å². The molecule has 0 radical (unpaired) electrons. The highest BCUT2D eigenvalue weighted by atomic mass is 32.2. The summed E-state index contributed by atoms with van der Waals surface area (Å²) in [6, 6.07) is 4.78. The Balaban J connectivity index is 1.62. The van der Waals surface area contributed by atoms with Crippen LogP contribution < -0.4 is 0 Å². The van der Waals surface area contributed by atoms with E-state index in [1.54, 1.807) is 23.2 Å². The third-order valence-electron chi connectivity index (χ3n) is 4.97. The number of piperidine rings is 1. The van der Waals surface area contributed by atoms with Crippen LogP contribution in [-0.2, 0) is 14.8 Å². The van der Waals surface area contributed by atoms with Crippen molar-refractivity contribution in [2.24, 2.45) is 5.92 Å². The van der Waals surface area contributed by atoms with Crippen molar-refractivity contribution in [3.63, 3.8) is 0 Å². The molecule has 3 heterocycles. The maximum absolute atomic E-state index is 12.8. The Kier molecular flexibility index (Phi) is 6.01. The number of H-pyrrole nitrogens is 1. The van der Waals surface area contributed by atoms with Crippen LogP contribution in [0.3, 0.4) is 0 Å². The fourth-order valence-corrected chi connectivity index (χ4v) is 4.67. The Morgan fingerprint density at radius 1 is 1.33 bits per heavy atom. The van der Waals surface area contributed by atoms with Crippen molar-refractivity contribution in [3.8, 4) is 11.5 Å². The predicted molar refractivity (Wildman–Crippen MR) is 100 cm³/mol. The van der Waals surface area contributed by atoms with E-state index in [0.717, 1.165) is 19.4 Å². The lowest BCUT2D eigenvalue weighted by molar-refractivity contribution is -0.135. The van der Waals surface area contributed by atoms with E-state index in [1.807, 2.05) is 7.05 Å². The van der Waals surface area contributed by atoms with Crippen molar-refractivity contribution < 1.29 is 17.6 Å². The van der Waals surface area contributed by atoms with Crippen LogP contribution in [-0.4, -0.2) is 60.4 Å². The summed E-state index contributed by atoms with van der Waals surface area (Å²) < 4.78 is 32.6. The molecule has 1 N–H and O–H groups in total. The lowest BCUT2D eigenvalue weighted by atomic mass is 9.96. The monoisotopic (exact) mass is 394 g/mol. The number of amides is 1. The molecule has 0 aliphatic carbocycles. The number of rotatable bonds is 7. The average Bonchev–Trinajstić information content (AvgIpc) is 3.37. The quantitative estimate of drug-likeness (QED) is 0.777. The Hall–Kier alpha value is -2.13. The normalized spacial score (nSPS) is 16.5. The van der Waals surface area contributed by atoms with Crippen LogP contribution in [0.4, 0.5) is 0 Å². The number of furan rings is 1. The van der Waals surface area contributed by atoms with Crippen LogP contribution >= 0.6 is 0 Å². The Labute approximate surface area is 159 Å². The van der Waals surface area contributed by atoms with Gasteiger partial charge in [-0.3, -0.25) is 9.89 Å². The molecule has 1 saturated heterocycles. The molecule has 27 heavy (non-hydrogen) atoms. The summed E-state index contributed by atoms with van der Waals surface area (Å²) in [5, 5.41) is 6.50. The minimum Gasteiger partial charge on any atom is -0.442 e. The molecular weight excluding hydrogens is 368 g/mol. The van der Waals surface area contributed by atoms with Crippen molar-refractivity contribution in [2.45, 2.75) is 37.7 Å². The lowest BCUT2D eigenvalue weighted by Gasteiger charge is -2.32. The third kappa shape index (κ3) is 4.24. The topological polar surface area (TPSA) is 99.5 Å². The van der Waals surface area contributed by atoms with E-state index in [9.17, 15) is 13.2 Å². The molecule has 1 aliphatic rings. The summed E-state index contributed by atoms with van der Waals surface area (Å²) in [7, 11) is -1.89. The number of nitrogens with one attached hydrogen (secondary N) is 1. The number of aromatic nitrogens is 2. The van der Waals surface area contributed by atoms with Crippen LogP contribution in [0.25, 0.3) is 11.5 Å². The van der Waals surface area contributed by atoms with Crippen molar-refractivity contribution in [1.82, 2.24) is 19.4 Å². The first kappa shape index (κ1) is 19.6. The number of hydrogen-bond donors (Lipinski definition) is 1. The van der Waals surface area contributed by atoms with Gasteiger partial charge in [0.2, 0.25) is 11.0 Å². The fourth-order valence-electron chi connectivity index (χ4n) is 3.28. The lowest BCUT2D eigenvalue weighted by Crippen LogP contribution is -2.43. The maximum Gasteiger partial charge on any atom is 0.276 e. The van der Waals surface area contributed by atoms with E-state index in [1.165, 1.54) is 10.4 Å². The second kappa shape index (κ2) is 8.26. The van der Waals surface area contributed by atoms with Crippen LogP contribution in [0.1, 0.15) is 32.6 Å². The summed E-state index contributed by atoms with van der Waals surface area (Å²) in [6.45, 7) is 3.48. The molecule has 0 bridgehead atoms. The van der Waals surface area contributed by atoms with Crippen LogP contribution in [0.15, 0.2) is 33.9 Å². The van der Waals surface area contributed by atoms with Gasteiger partial charge in [0.1, 0.15) is 5.69 Å². The second-order valence-electron chi connectivity index (χ2n) is 6.88. The molecule has 0 saturated carbocycles. The van der Waals surface area contributed by atoms with Gasteiger partial charge in [0, 0.05) is 38.8 Å². The first-order valence-corrected chi connectivity index (χ1v) is 10.7. The standard InChI is InChI=1S/C18H26N4O4S/c1-3-4-11-21(2)18(23)14-8-12-22(13-9-14)27(24,25)17-6-5-16(26-17)15-7-10-19-20-15/h5-7,10,14H,3-4,8-9,11-13H2,1-2H3,(H,19,20). The number of sulfonamides is 1. The predicted octanol–water partition coefficient (Wildman–Crippen LogP) is 2.33. The molecule has 0 unspecified atom stereocenters. The Bertz CT molecular complexity index is 852. The number of hydrogen-bond acceptors (Lipinski definition) is 5. The van der Waals surface area contributed by atoms with E-state index in [4.69, 9.17) is 4.42 Å². The van der Waals surface area contributed by atoms with Gasteiger partial charge < -0.3 is 9.32 Å². The minimum atomic E-state index is -3.71. The molecule has 3 rings (SSSR count). The molecule has 1 fully saturated rings. The van der Waals surface area contributed by atoms with Gasteiger partial charge in [-0.15, -0.1) is 0 Å². The summed E-state index contributed by atoms with van der Waals surface area (Å²) in [5.41, 5.74) is 0.621. The van der Waals surface area contributed by atoms with E-state index >= 15 is 0 Å². The third-order valence-corrected chi connectivity index (χ3v) is 6.74. The van der Waals surface area contributed by atoms with Crippen LogP contribution in [0.5, 0.6) is 0 Å². The van der Waals surface area contributed by atoms with Gasteiger partial charge >= 0.3 is 0 Å². The maximum atomic E-state index is 12.8. The highest BCUT2D eigenvalue weighted by molar-refractivity contribution is 7.89. The van der Waals surface area contributed by atoms with Gasteiger partial charge in [-0.1, -0.05) is 13.3 Å². The molecular formula is C18H26N4O4S. The van der Waals surface area contributed by atoms with Crippen LogP contribution in [0, 0.1) is 5.92 Å². The smallest absolute Gasteiger partial charge is 0.276 e. The van der Waals surface area contributed by atoms with Gasteiger partial charge in [0.15, 0.2) is 5.76 Å². The second-order valence-corrected chi connectivity index (χ2v) is 8.75. The zero-order chi connectivity index (χ0) is 19.4. The summed E-state index contributed by atoms with van der Waals surface area (Å²) in [4.78, 5) is 14.3. The molecule has 0 aromatic carbocycles. The molecule has 9 heteroatoms. The Morgan fingerprint density at radius 2 is 2.07 bits per heavy atom. The number of aromatic amines is 1. The number of unbranched alkanes of at least 4 members (excludes halogenated alkanes) is 1. The molecule has 2 aromatic rings. The number of carbonyl (C=O) groups is 1. The van der Waals surface area contributed by atoms with E-state index < -0.39 is 10.0 Å². The first-order chi connectivity index (χ1) is 12.9.